The first-order chi connectivity index (χ1) is 9.22. The van der Waals surface area contributed by atoms with Crippen LogP contribution in [-0.4, -0.2) is 23.9 Å². The van der Waals surface area contributed by atoms with E-state index in [-0.39, 0.29) is 18.2 Å². The molecule has 0 aromatic heterocycles. The molecule has 108 valence electrons. The fourth-order valence-electron chi connectivity index (χ4n) is 2.19. The van der Waals surface area contributed by atoms with Crippen LogP contribution in [0.15, 0.2) is 16.6 Å². The second kappa shape index (κ2) is 5.37. The van der Waals surface area contributed by atoms with Crippen LogP contribution in [0.4, 0.5) is 5.69 Å². The SMILES string of the molecule is Cc1cc(Br)c(N2CCC(=O)NC(C)(C)C2=O)cc1Cl. The van der Waals surface area contributed by atoms with Gasteiger partial charge in [-0.2, -0.15) is 0 Å². The van der Waals surface area contributed by atoms with E-state index in [1.165, 1.54) is 0 Å². The Bertz CT molecular complexity index is 587. The molecule has 0 bridgehead atoms. The number of hydrogen-bond acceptors (Lipinski definition) is 2. The molecule has 2 rings (SSSR count). The van der Waals surface area contributed by atoms with Crippen molar-refractivity contribution < 1.29 is 9.59 Å². The average Bonchev–Trinajstić information content (AvgIpc) is 2.43. The molecule has 1 aromatic carbocycles. The van der Waals surface area contributed by atoms with Gasteiger partial charge in [0.2, 0.25) is 5.91 Å². The highest BCUT2D eigenvalue weighted by Gasteiger charge is 2.37. The predicted octanol–water partition coefficient (Wildman–Crippen LogP) is 3.04. The smallest absolute Gasteiger partial charge is 0.252 e. The van der Waals surface area contributed by atoms with Crippen LogP contribution < -0.4 is 10.2 Å². The standard InChI is InChI=1S/C14H16BrClN2O2/c1-8-6-9(15)11(7-10(8)16)18-5-4-12(19)17-14(2,3)13(18)20/h6-7H,4-5H2,1-3H3,(H,17,19). The highest BCUT2D eigenvalue weighted by atomic mass is 79.9. The van der Waals surface area contributed by atoms with Crippen LogP contribution >= 0.6 is 27.5 Å². The van der Waals surface area contributed by atoms with Gasteiger partial charge in [-0.3, -0.25) is 9.59 Å². The van der Waals surface area contributed by atoms with Crippen LogP contribution in [0.2, 0.25) is 5.02 Å². The van der Waals surface area contributed by atoms with Crippen molar-refractivity contribution >= 4 is 45.0 Å². The molecule has 0 spiro atoms. The number of rotatable bonds is 1. The normalized spacial score (nSPS) is 18.8. The van der Waals surface area contributed by atoms with Gasteiger partial charge >= 0.3 is 0 Å². The van der Waals surface area contributed by atoms with Gasteiger partial charge in [0.05, 0.1) is 5.69 Å². The Balaban J connectivity index is 2.48. The van der Waals surface area contributed by atoms with Crippen molar-refractivity contribution in [2.75, 3.05) is 11.4 Å². The lowest BCUT2D eigenvalue weighted by Crippen LogP contribution is -2.53. The van der Waals surface area contributed by atoms with E-state index >= 15 is 0 Å². The summed E-state index contributed by atoms with van der Waals surface area (Å²) in [4.78, 5) is 25.9. The lowest BCUT2D eigenvalue weighted by atomic mass is 10.0. The van der Waals surface area contributed by atoms with E-state index < -0.39 is 5.54 Å². The van der Waals surface area contributed by atoms with Gasteiger partial charge in [-0.15, -0.1) is 0 Å². The Kier molecular flexibility index (Phi) is 4.12. The number of carbonyl (C=O) groups is 2. The maximum atomic E-state index is 12.6. The largest absolute Gasteiger partial charge is 0.342 e. The molecule has 1 aromatic rings. The fourth-order valence-corrected chi connectivity index (χ4v) is 3.02. The van der Waals surface area contributed by atoms with E-state index in [1.807, 2.05) is 13.0 Å². The van der Waals surface area contributed by atoms with Crippen LogP contribution in [0.5, 0.6) is 0 Å². The Labute approximate surface area is 131 Å². The highest BCUT2D eigenvalue weighted by molar-refractivity contribution is 9.10. The third kappa shape index (κ3) is 2.83. The van der Waals surface area contributed by atoms with Crippen LogP contribution in [0, 0.1) is 6.92 Å². The molecule has 1 heterocycles. The van der Waals surface area contributed by atoms with E-state index in [0.717, 1.165) is 10.0 Å². The zero-order chi connectivity index (χ0) is 15.1. The van der Waals surface area contributed by atoms with Crippen molar-refractivity contribution in [2.45, 2.75) is 32.7 Å². The summed E-state index contributed by atoms with van der Waals surface area (Å²) in [5, 5.41) is 3.33. The number of hydrogen-bond donors (Lipinski definition) is 1. The Hall–Kier alpha value is -1.07. The predicted molar refractivity (Wildman–Crippen MR) is 83.1 cm³/mol. The van der Waals surface area contributed by atoms with Gasteiger partial charge < -0.3 is 10.2 Å². The molecule has 1 N–H and O–H groups in total. The van der Waals surface area contributed by atoms with Gasteiger partial charge in [-0.1, -0.05) is 11.6 Å². The number of anilines is 1. The molecule has 0 radical (unpaired) electrons. The number of aryl methyl sites for hydroxylation is 1. The monoisotopic (exact) mass is 358 g/mol. The van der Waals surface area contributed by atoms with Gasteiger partial charge in [-0.05, 0) is 54.4 Å². The maximum Gasteiger partial charge on any atom is 0.252 e. The summed E-state index contributed by atoms with van der Waals surface area (Å²) in [5.74, 6) is -0.274. The molecule has 1 saturated heterocycles. The molecule has 0 atom stereocenters. The quantitative estimate of drug-likeness (QED) is 0.838. The second-order valence-corrected chi connectivity index (χ2v) is 6.69. The summed E-state index contributed by atoms with van der Waals surface area (Å²) in [6.07, 6.45) is 0.271. The van der Waals surface area contributed by atoms with Crippen molar-refractivity contribution in [3.05, 3.63) is 27.2 Å². The lowest BCUT2D eigenvalue weighted by Gasteiger charge is -2.29. The summed E-state index contributed by atoms with van der Waals surface area (Å²) >= 11 is 9.62. The molecule has 0 aliphatic carbocycles. The molecular weight excluding hydrogens is 344 g/mol. The van der Waals surface area contributed by atoms with Crippen molar-refractivity contribution in [2.24, 2.45) is 0 Å². The topological polar surface area (TPSA) is 49.4 Å². The molecule has 2 amide bonds. The third-order valence-electron chi connectivity index (χ3n) is 3.31. The minimum absolute atomic E-state index is 0.125. The van der Waals surface area contributed by atoms with E-state index in [4.69, 9.17) is 11.6 Å². The molecule has 1 fully saturated rings. The van der Waals surface area contributed by atoms with Crippen molar-refractivity contribution in [3.8, 4) is 0 Å². The number of benzene rings is 1. The molecule has 0 unspecified atom stereocenters. The first-order valence-electron chi connectivity index (χ1n) is 6.31. The van der Waals surface area contributed by atoms with Gasteiger partial charge in [0.1, 0.15) is 5.54 Å². The zero-order valence-electron chi connectivity index (χ0n) is 11.6. The van der Waals surface area contributed by atoms with Gasteiger partial charge in [0.25, 0.3) is 5.91 Å². The van der Waals surface area contributed by atoms with Crippen molar-refractivity contribution in [1.29, 1.82) is 0 Å². The number of carbonyl (C=O) groups excluding carboxylic acids is 2. The van der Waals surface area contributed by atoms with Crippen molar-refractivity contribution in [1.82, 2.24) is 5.32 Å². The highest BCUT2D eigenvalue weighted by Crippen LogP contribution is 2.33. The van der Waals surface area contributed by atoms with Crippen molar-refractivity contribution in [3.63, 3.8) is 0 Å². The Morgan fingerprint density at radius 1 is 1.35 bits per heavy atom. The third-order valence-corrected chi connectivity index (χ3v) is 4.36. The Morgan fingerprint density at radius 2 is 2.00 bits per heavy atom. The first kappa shape index (κ1) is 15.3. The van der Waals surface area contributed by atoms with E-state index in [2.05, 4.69) is 21.2 Å². The second-order valence-electron chi connectivity index (χ2n) is 5.43. The van der Waals surface area contributed by atoms with Crippen LogP contribution in [-0.2, 0) is 9.59 Å². The number of amides is 2. The van der Waals surface area contributed by atoms with Gasteiger partial charge in [0, 0.05) is 22.5 Å². The summed E-state index contributed by atoms with van der Waals surface area (Å²) in [6.45, 7) is 5.65. The maximum absolute atomic E-state index is 12.6. The van der Waals surface area contributed by atoms with E-state index in [1.54, 1.807) is 24.8 Å². The number of nitrogens with one attached hydrogen (secondary N) is 1. The minimum atomic E-state index is -0.926. The molecule has 1 aliphatic rings. The van der Waals surface area contributed by atoms with Crippen LogP contribution in [0.1, 0.15) is 25.8 Å². The summed E-state index contributed by atoms with van der Waals surface area (Å²) in [5.41, 5.74) is 0.692. The minimum Gasteiger partial charge on any atom is -0.342 e. The summed E-state index contributed by atoms with van der Waals surface area (Å²) < 4.78 is 0.790. The van der Waals surface area contributed by atoms with Gasteiger partial charge in [-0.25, -0.2) is 0 Å². The van der Waals surface area contributed by atoms with Gasteiger partial charge in [0.15, 0.2) is 0 Å². The zero-order valence-corrected chi connectivity index (χ0v) is 13.9. The molecule has 20 heavy (non-hydrogen) atoms. The molecular formula is C14H16BrClN2O2. The average molecular weight is 360 g/mol. The molecule has 0 saturated carbocycles. The first-order valence-corrected chi connectivity index (χ1v) is 7.48. The molecule has 4 nitrogen and oxygen atoms in total. The van der Waals surface area contributed by atoms with Crippen LogP contribution in [0.25, 0.3) is 0 Å². The molecule has 6 heteroatoms. The van der Waals surface area contributed by atoms with E-state index in [9.17, 15) is 9.59 Å². The lowest BCUT2D eigenvalue weighted by molar-refractivity contribution is -0.128. The summed E-state index contributed by atoms with van der Waals surface area (Å²) in [6, 6.07) is 3.63. The fraction of sp³-hybridized carbons (Fsp3) is 0.429. The van der Waals surface area contributed by atoms with E-state index in [0.29, 0.717) is 17.3 Å². The molecule has 1 aliphatic heterocycles. The Morgan fingerprint density at radius 3 is 2.65 bits per heavy atom. The number of halogens is 2. The van der Waals surface area contributed by atoms with Crippen LogP contribution in [0.3, 0.4) is 0 Å². The number of nitrogens with zero attached hydrogens (tertiary/aromatic N) is 1. The summed E-state index contributed by atoms with van der Waals surface area (Å²) in [7, 11) is 0.